The third-order valence-corrected chi connectivity index (χ3v) is 4.45. The van der Waals surface area contributed by atoms with Crippen LogP contribution in [-0.2, 0) is 4.74 Å². The Labute approximate surface area is 114 Å². The number of hydrogen-bond donors (Lipinski definition) is 1. The van der Waals surface area contributed by atoms with Gasteiger partial charge in [-0.3, -0.25) is 0 Å². The standard InChI is InChI=1S/C14H26F3NO/c1-4-8-18-11-10-12(13(11,5-2)6-3)19-9-7-14(15,16)17/h11-12,18H,4-10H2,1-3H3. The number of alkyl halides is 3. The van der Waals surface area contributed by atoms with Gasteiger partial charge in [-0.2, -0.15) is 13.2 Å². The van der Waals surface area contributed by atoms with Gasteiger partial charge in [0.15, 0.2) is 0 Å². The summed E-state index contributed by atoms with van der Waals surface area (Å²) in [7, 11) is 0. The Bertz CT molecular complexity index is 264. The summed E-state index contributed by atoms with van der Waals surface area (Å²) in [6, 6.07) is 0.387. The van der Waals surface area contributed by atoms with Crippen LogP contribution >= 0.6 is 0 Å². The second-order valence-electron chi connectivity index (χ2n) is 5.41. The van der Waals surface area contributed by atoms with Gasteiger partial charge in [-0.25, -0.2) is 0 Å². The first-order valence-corrected chi connectivity index (χ1v) is 7.31. The molecule has 0 spiro atoms. The van der Waals surface area contributed by atoms with Crippen molar-refractivity contribution in [3.8, 4) is 0 Å². The van der Waals surface area contributed by atoms with Crippen molar-refractivity contribution >= 4 is 0 Å². The first kappa shape index (κ1) is 16.8. The number of ether oxygens (including phenoxy) is 1. The summed E-state index contributed by atoms with van der Waals surface area (Å²) in [6.45, 7) is 7.06. The van der Waals surface area contributed by atoms with Gasteiger partial charge in [-0.1, -0.05) is 20.8 Å². The van der Waals surface area contributed by atoms with Crippen LogP contribution in [0.1, 0.15) is 52.9 Å². The van der Waals surface area contributed by atoms with Crippen LogP contribution in [0.2, 0.25) is 0 Å². The lowest BCUT2D eigenvalue weighted by Crippen LogP contribution is -2.63. The highest BCUT2D eigenvalue weighted by atomic mass is 19.4. The predicted molar refractivity (Wildman–Crippen MR) is 70.1 cm³/mol. The van der Waals surface area contributed by atoms with Crippen LogP contribution in [0.4, 0.5) is 13.2 Å². The fourth-order valence-corrected chi connectivity index (χ4v) is 3.10. The van der Waals surface area contributed by atoms with Crippen molar-refractivity contribution in [2.24, 2.45) is 5.41 Å². The van der Waals surface area contributed by atoms with Gasteiger partial charge in [0.1, 0.15) is 0 Å². The van der Waals surface area contributed by atoms with E-state index in [2.05, 4.69) is 26.1 Å². The van der Waals surface area contributed by atoms with E-state index in [1.54, 1.807) is 0 Å². The van der Waals surface area contributed by atoms with Crippen molar-refractivity contribution in [2.75, 3.05) is 13.2 Å². The molecular formula is C14H26F3NO. The third-order valence-electron chi connectivity index (χ3n) is 4.45. The maximum atomic E-state index is 12.1. The van der Waals surface area contributed by atoms with Crippen LogP contribution in [0.3, 0.4) is 0 Å². The number of nitrogens with one attached hydrogen (secondary N) is 1. The summed E-state index contributed by atoms with van der Waals surface area (Å²) in [5, 5.41) is 3.50. The summed E-state index contributed by atoms with van der Waals surface area (Å²) < 4.78 is 41.9. The number of halogens is 3. The maximum absolute atomic E-state index is 12.1. The molecule has 114 valence electrons. The molecule has 0 aromatic carbocycles. The molecule has 2 atom stereocenters. The second kappa shape index (κ2) is 6.93. The van der Waals surface area contributed by atoms with E-state index in [4.69, 9.17) is 4.74 Å². The molecule has 19 heavy (non-hydrogen) atoms. The summed E-state index contributed by atoms with van der Waals surface area (Å²) in [6.07, 6.45) is -1.20. The zero-order valence-corrected chi connectivity index (χ0v) is 12.1. The molecule has 0 heterocycles. The van der Waals surface area contributed by atoms with Crippen molar-refractivity contribution in [1.29, 1.82) is 0 Å². The molecule has 1 N–H and O–H groups in total. The first-order valence-electron chi connectivity index (χ1n) is 7.31. The summed E-state index contributed by atoms with van der Waals surface area (Å²) in [5.41, 5.74) is 0.0147. The number of rotatable bonds is 8. The average Bonchev–Trinajstić information content (AvgIpc) is 2.32. The van der Waals surface area contributed by atoms with Crippen LogP contribution in [0.15, 0.2) is 0 Å². The van der Waals surface area contributed by atoms with Gasteiger partial charge in [0, 0.05) is 11.5 Å². The highest BCUT2D eigenvalue weighted by Crippen LogP contribution is 2.49. The Balaban J connectivity index is 2.46. The molecule has 0 radical (unpaired) electrons. The van der Waals surface area contributed by atoms with E-state index in [0.717, 1.165) is 32.2 Å². The van der Waals surface area contributed by atoms with E-state index < -0.39 is 12.6 Å². The second-order valence-corrected chi connectivity index (χ2v) is 5.41. The Morgan fingerprint density at radius 1 is 1.21 bits per heavy atom. The highest BCUT2D eigenvalue weighted by Gasteiger charge is 2.53. The molecule has 1 rings (SSSR count). The van der Waals surface area contributed by atoms with Gasteiger partial charge in [-0.05, 0) is 32.2 Å². The molecule has 0 amide bonds. The van der Waals surface area contributed by atoms with Crippen LogP contribution in [0.5, 0.6) is 0 Å². The highest BCUT2D eigenvalue weighted by molar-refractivity contribution is 5.06. The van der Waals surface area contributed by atoms with Crippen LogP contribution in [-0.4, -0.2) is 31.5 Å². The van der Waals surface area contributed by atoms with E-state index in [-0.39, 0.29) is 18.1 Å². The van der Waals surface area contributed by atoms with E-state index in [1.165, 1.54) is 0 Å². The van der Waals surface area contributed by atoms with Gasteiger partial charge < -0.3 is 10.1 Å². The zero-order chi connectivity index (χ0) is 14.5. The molecule has 0 aliphatic heterocycles. The molecule has 1 saturated carbocycles. The van der Waals surface area contributed by atoms with Gasteiger partial charge in [-0.15, -0.1) is 0 Å². The fourth-order valence-electron chi connectivity index (χ4n) is 3.10. The van der Waals surface area contributed by atoms with Crippen LogP contribution < -0.4 is 5.32 Å². The largest absolute Gasteiger partial charge is 0.391 e. The van der Waals surface area contributed by atoms with Crippen molar-refractivity contribution in [2.45, 2.75) is 71.2 Å². The van der Waals surface area contributed by atoms with Gasteiger partial charge >= 0.3 is 6.18 Å². The minimum atomic E-state index is -4.12. The lowest BCUT2D eigenvalue weighted by atomic mass is 9.58. The van der Waals surface area contributed by atoms with Crippen molar-refractivity contribution < 1.29 is 17.9 Å². The van der Waals surface area contributed by atoms with E-state index in [0.29, 0.717) is 6.04 Å². The molecule has 0 aromatic rings. The number of hydrogen-bond acceptors (Lipinski definition) is 2. The molecule has 2 unspecified atom stereocenters. The molecule has 1 aliphatic carbocycles. The van der Waals surface area contributed by atoms with E-state index in [9.17, 15) is 13.2 Å². The maximum Gasteiger partial charge on any atom is 0.391 e. The Hall–Kier alpha value is -0.290. The lowest BCUT2D eigenvalue weighted by molar-refractivity contribution is -0.179. The van der Waals surface area contributed by atoms with Gasteiger partial charge in [0.2, 0.25) is 0 Å². The normalized spacial score (nSPS) is 26.2. The van der Waals surface area contributed by atoms with Gasteiger partial charge in [0.05, 0.1) is 19.1 Å². The van der Waals surface area contributed by atoms with Crippen molar-refractivity contribution in [1.82, 2.24) is 5.32 Å². The molecule has 2 nitrogen and oxygen atoms in total. The smallest absolute Gasteiger partial charge is 0.377 e. The average molecular weight is 281 g/mol. The SMILES string of the molecule is CCCNC1CC(OCCC(F)(F)F)C1(CC)CC. The first-order chi connectivity index (χ1) is 8.89. The van der Waals surface area contributed by atoms with Crippen LogP contribution in [0.25, 0.3) is 0 Å². The molecule has 0 bridgehead atoms. The van der Waals surface area contributed by atoms with Crippen molar-refractivity contribution in [3.05, 3.63) is 0 Å². The quantitative estimate of drug-likeness (QED) is 0.728. The van der Waals surface area contributed by atoms with Crippen molar-refractivity contribution in [3.63, 3.8) is 0 Å². The monoisotopic (exact) mass is 281 g/mol. The van der Waals surface area contributed by atoms with E-state index in [1.807, 2.05) is 0 Å². The Morgan fingerprint density at radius 3 is 2.32 bits per heavy atom. The molecule has 1 aliphatic rings. The minimum absolute atomic E-state index is 0.0147. The zero-order valence-electron chi connectivity index (χ0n) is 12.1. The summed E-state index contributed by atoms with van der Waals surface area (Å²) in [4.78, 5) is 0. The molecule has 0 aromatic heterocycles. The van der Waals surface area contributed by atoms with Gasteiger partial charge in [0.25, 0.3) is 0 Å². The third kappa shape index (κ3) is 4.09. The van der Waals surface area contributed by atoms with E-state index >= 15 is 0 Å². The molecular weight excluding hydrogens is 255 g/mol. The van der Waals surface area contributed by atoms with Crippen LogP contribution in [0, 0.1) is 5.41 Å². The summed E-state index contributed by atoms with van der Waals surface area (Å²) >= 11 is 0. The molecule has 1 fully saturated rings. The Morgan fingerprint density at radius 2 is 1.84 bits per heavy atom. The fraction of sp³-hybridized carbons (Fsp3) is 1.00. The Kier molecular flexibility index (Phi) is 6.12. The predicted octanol–water partition coefficient (Wildman–Crippen LogP) is 3.90. The lowest BCUT2D eigenvalue weighted by Gasteiger charge is -2.55. The molecule has 5 heteroatoms. The minimum Gasteiger partial charge on any atom is -0.377 e. The topological polar surface area (TPSA) is 21.3 Å². The summed E-state index contributed by atoms with van der Waals surface area (Å²) in [5.74, 6) is 0. The molecule has 0 saturated heterocycles.